The molecule has 2 nitrogen and oxygen atoms in total. The fourth-order valence-corrected chi connectivity index (χ4v) is 4.64. The second-order valence-corrected chi connectivity index (χ2v) is 7.77. The first-order chi connectivity index (χ1) is 10.2. The molecule has 1 saturated carbocycles. The molecule has 0 radical (unpaired) electrons. The monoisotopic (exact) mass is 294 g/mol. The number of hydrogen-bond donors (Lipinski definition) is 1. The Labute approximate surface area is 133 Å². The molecule has 1 N–H and O–H groups in total. The van der Waals surface area contributed by atoms with E-state index < -0.39 is 0 Å². The van der Waals surface area contributed by atoms with E-state index in [9.17, 15) is 0 Å². The number of nitrogens with zero attached hydrogens (tertiary/aromatic N) is 1. The first kappa shape index (κ1) is 17.3. The van der Waals surface area contributed by atoms with Crippen molar-refractivity contribution in [3.63, 3.8) is 0 Å². The highest BCUT2D eigenvalue weighted by Crippen LogP contribution is 2.31. The fourth-order valence-electron chi connectivity index (χ4n) is 4.64. The molecule has 0 bridgehead atoms. The lowest BCUT2D eigenvalue weighted by atomic mass is 9.81. The lowest BCUT2D eigenvalue weighted by Crippen LogP contribution is -2.62. The van der Waals surface area contributed by atoms with E-state index in [1.807, 2.05) is 0 Å². The van der Waals surface area contributed by atoms with Gasteiger partial charge < -0.3 is 5.32 Å². The zero-order chi connectivity index (χ0) is 15.2. The Hall–Kier alpha value is -0.0800. The molecule has 1 heterocycles. The van der Waals surface area contributed by atoms with Crippen LogP contribution in [0, 0.1) is 11.8 Å². The zero-order valence-electron chi connectivity index (χ0n) is 14.9. The summed E-state index contributed by atoms with van der Waals surface area (Å²) >= 11 is 0. The van der Waals surface area contributed by atoms with Crippen LogP contribution in [-0.2, 0) is 0 Å². The minimum Gasteiger partial charge on any atom is -0.311 e. The van der Waals surface area contributed by atoms with Gasteiger partial charge in [-0.3, -0.25) is 4.90 Å². The van der Waals surface area contributed by atoms with Crippen molar-refractivity contribution in [2.75, 3.05) is 13.1 Å². The average Bonchev–Trinajstić information content (AvgIpc) is 2.52. The molecule has 2 heteroatoms. The molecular weight excluding hydrogens is 256 g/mol. The maximum Gasteiger partial charge on any atom is 0.0247 e. The number of nitrogens with one attached hydrogen (secondary N) is 1. The number of piperazine rings is 1. The van der Waals surface area contributed by atoms with E-state index in [0.717, 1.165) is 30.0 Å². The van der Waals surface area contributed by atoms with Crippen molar-refractivity contribution in [3.05, 3.63) is 0 Å². The summed E-state index contributed by atoms with van der Waals surface area (Å²) in [7, 11) is 0. The summed E-state index contributed by atoms with van der Waals surface area (Å²) < 4.78 is 0. The van der Waals surface area contributed by atoms with E-state index >= 15 is 0 Å². The van der Waals surface area contributed by atoms with Crippen molar-refractivity contribution < 1.29 is 0 Å². The Kier molecular flexibility index (Phi) is 7.01. The first-order valence-corrected chi connectivity index (χ1v) is 9.66. The van der Waals surface area contributed by atoms with Crippen LogP contribution in [-0.4, -0.2) is 36.1 Å². The molecule has 3 atom stereocenters. The molecule has 1 saturated heterocycles. The smallest absolute Gasteiger partial charge is 0.0247 e. The molecule has 0 aromatic rings. The third-order valence-electron chi connectivity index (χ3n) is 5.97. The predicted molar refractivity (Wildman–Crippen MR) is 92.7 cm³/mol. The molecule has 0 aromatic heterocycles. The van der Waals surface area contributed by atoms with Crippen LogP contribution in [0.5, 0.6) is 0 Å². The molecule has 1 aliphatic carbocycles. The summed E-state index contributed by atoms with van der Waals surface area (Å²) in [6, 6.07) is 2.29. The Balaban J connectivity index is 2.03. The van der Waals surface area contributed by atoms with Crippen molar-refractivity contribution in [1.29, 1.82) is 0 Å². The van der Waals surface area contributed by atoms with Gasteiger partial charge in [0.25, 0.3) is 0 Å². The summed E-state index contributed by atoms with van der Waals surface area (Å²) in [5.74, 6) is 1.70. The van der Waals surface area contributed by atoms with Crippen LogP contribution >= 0.6 is 0 Å². The summed E-state index contributed by atoms with van der Waals surface area (Å²) in [6.45, 7) is 12.0. The van der Waals surface area contributed by atoms with E-state index in [1.165, 1.54) is 64.5 Å². The Morgan fingerprint density at radius 1 is 1.10 bits per heavy atom. The van der Waals surface area contributed by atoms with Gasteiger partial charge in [-0.05, 0) is 37.5 Å². The second-order valence-electron chi connectivity index (χ2n) is 7.77. The highest BCUT2D eigenvalue weighted by Gasteiger charge is 2.36. The second kappa shape index (κ2) is 8.53. The van der Waals surface area contributed by atoms with Crippen molar-refractivity contribution in [3.8, 4) is 0 Å². The molecule has 3 unspecified atom stereocenters. The van der Waals surface area contributed by atoms with E-state index in [1.54, 1.807) is 0 Å². The van der Waals surface area contributed by atoms with Gasteiger partial charge in [0.15, 0.2) is 0 Å². The minimum absolute atomic E-state index is 0.737. The van der Waals surface area contributed by atoms with Crippen molar-refractivity contribution in [1.82, 2.24) is 10.2 Å². The summed E-state index contributed by atoms with van der Waals surface area (Å²) in [4.78, 5) is 2.89. The number of hydrogen-bond acceptors (Lipinski definition) is 2. The molecular formula is C19H38N2. The van der Waals surface area contributed by atoms with Crippen molar-refractivity contribution in [2.24, 2.45) is 11.8 Å². The van der Waals surface area contributed by atoms with Crippen LogP contribution in [0.25, 0.3) is 0 Å². The summed E-state index contributed by atoms with van der Waals surface area (Å²) in [6.07, 6.45) is 11.3. The van der Waals surface area contributed by atoms with Crippen LogP contribution in [0.1, 0.15) is 79.1 Å². The zero-order valence-corrected chi connectivity index (χ0v) is 14.9. The van der Waals surface area contributed by atoms with Gasteiger partial charge in [0.05, 0.1) is 0 Å². The van der Waals surface area contributed by atoms with Crippen molar-refractivity contribution >= 4 is 0 Å². The summed E-state index contributed by atoms with van der Waals surface area (Å²) in [5.41, 5.74) is 0. The standard InChI is InChI=1S/C19H38N2/c1-5-10-17(6-2)21-14-18(16-11-8-7-9-12-16)20-13-19(21)15(3)4/h15-20H,5-14H2,1-4H3. The Morgan fingerprint density at radius 2 is 1.81 bits per heavy atom. The lowest BCUT2D eigenvalue weighted by Gasteiger charge is -2.48. The van der Waals surface area contributed by atoms with Gasteiger partial charge in [0.1, 0.15) is 0 Å². The molecule has 2 rings (SSSR count). The van der Waals surface area contributed by atoms with Crippen LogP contribution in [0.3, 0.4) is 0 Å². The Morgan fingerprint density at radius 3 is 2.38 bits per heavy atom. The molecule has 0 spiro atoms. The normalized spacial score (nSPS) is 30.7. The van der Waals surface area contributed by atoms with Crippen LogP contribution in [0.15, 0.2) is 0 Å². The molecule has 2 fully saturated rings. The van der Waals surface area contributed by atoms with Gasteiger partial charge in [-0.15, -0.1) is 0 Å². The quantitative estimate of drug-likeness (QED) is 0.779. The SMILES string of the molecule is CCCC(CC)N1CC(C2CCCCC2)NCC1C(C)C. The van der Waals surface area contributed by atoms with Gasteiger partial charge in [-0.2, -0.15) is 0 Å². The molecule has 2 aliphatic rings. The largest absolute Gasteiger partial charge is 0.311 e. The van der Waals surface area contributed by atoms with Crippen LogP contribution in [0.2, 0.25) is 0 Å². The lowest BCUT2D eigenvalue weighted by molar-refractivity contribution is 0.0314. The van der Waals surface area contributed by atoms with E-state index in [4.69, 9.17) is 0 Å². The highest BCUT2D eigenvalue weighted by molar-refractivity contribution is 4.94. The Bertz CT molecular complexity index is 283. The first-order valence-electron chi connectivity index (χ1n) is 9.66. The number of rotatable bonds is 6. The molecule has 1 aliphatic heterocycles. The minimum atomic E-state index is 0.737. The molecule has 0 aromatic carbocycles. The van der Waals surface area contributed by atoms with Gasteiger partial charge in [0, 0.05) is 31.2 Å². The van der Waals surface area contributed by atoms with Crippen molar-refractivity contribution in [2.45, 2.75) is 97.2 Å². The fraction of sp³-hybridized carbons (Fsp3) is 1.00. The van der Waals surface area contributed by atoms with Crippen LogP contribution in [0.4, 0.5) is 0 Å². The van der Waals surface area contributed by atoms with E-state index in [0.29, 0.717) is 0 Å². The van der Waals surface area contributed by atoms with Crippen LogP contribution < -0.4 is 5.32 Å². The third-order valence-corrected chi connectivity index (χ3v) is 5.97. The van der Waals surface area contributed by atoms with E-state index in [2.05, 4.69) is 37.9 Å². The average molecular weight is 295 g/mol. The maximum atomic E-state index is 3.93. The maximum absolute atomic E-state index is 3.93. The molecule has 124 valence electrons. The summed E-state index contributed by atoms with van der Waals surface area (Å²) in [5, 5.41) is 3.93. The van der Waals surface area contributed by atoms with Gasteiger partial charge in [-0.1, -0.05) is 53.4 Å². The topological polar surface area (TPSA) is 15.3 Å². The van der Waals surface area contributed by atoms with Gasteiger partial charge in [-0.25, -0.2) is 0 Å². The highest BCUT2D eigenvalue weighted by atomic mass is 15.3. The molecule has 21 heavy (non-hydrogen) atoms. The van der Waals surface area contributed by atoms with Gasteiger partial charge >= 0.3 is 0 Å². The predicted octanol–water partition coefficient (Wildman–Crippen LogP) is 4.44. The van der Waals surface area contributed by atoms with E-state index in [-0.39, 0.29) is 0 Å². The van der Waals surface area contributed by atoms with Gasteiger partial charge in [0.2, 0.25) is 0 Å². The third kappa shape index (κ3) is 4.45. The molecule has 0 amide bonds.